The Hall–Kier alpha value is -1.26. The Morgan fingerprint density at radius 3 is 2.10 bits per heavy atom. The molecule has 0 rings (SSSR count). The van der Waals surface area contributed by atoms with Crippen molar-refractivity contribution in [3.05, 3.63) is 0 Å². The van der Waals surface area contributed by atoms with Crippen molar-refractivity contribution >= 4 is 11.7 Å². The van der Waals surface area contributed by atoms with Gasteiger partial charge in [0, 0.05) is 7.05 Å². The van der Waals surface area contributed by atoms with E-state index in [-0.39, 0.29) is 0 Å². The van der Waals surface area contributed by atoms with Crippen LogP contribution >= 0.6 is 0 Å². The predicted molar refractivity (Wildman–Crippen MR) is 34.4 cm³/mol. The SMILES string of the molecule is C/N=N/C(C(C)=O)C(N)=O. The molecule has 0 aliphatic rings. The van der Waals surface area contributed by atoms with Crippen LogP contribution in [-0.4, -0.2) is 24.8 Å². The fourth-order valence-electron chi connectivity index (χ4n) is 0.454. The van der Waals surface area contributed by atoms with Gasteiger partial charge < -0.3 is 5.73 Å². The Kier molecular flexibility index (Phi) is 3.24. The summed E-state index contributed by atoms with van der Waals surface area (Å²) in [5.41, 5.74) is 4.81. The summed E-state index contributed by atoms with van der Waals surface area (Å²) in [7, 11) is 1.37. The van der Waals surface area contributed by atoms with Gasteiger partial charge in [-0.2, -0.15) is 10.2 Å². The zero-order chi connectivity index (χ0) is 8.15. The zero-order valence-electron chi connectivity index (χ0n) is 5.87. The standard InChI is InChI=1S/C5H9N3O2/c1-3(9)4(5(6)10)8-7-2/h4H,1-2H3,(H2,6,10)/b8-7+. The molecule has 0 aliphatic heterocycles. The van der Waals surface area contributed by atoms with Crippen molar-refractivity contribution in [2.75, 3.05) is 7.05 Å². The molecule has 0 saturated carbocycles. The lowest BCUT2D eigenvalue weighted by molar-refractivity contribution is -0.127. The summed E-state index contributed by atoms with van der Waals surface area (Å²) < 4.78 is 0. The molecule has 0 heterocycles. The van der Waals surface area contributed by atoms with Crippen molar-refractivity contribution < 1.29 is 9.59 Å². The average Bonchev–Trinajstić information content (AvgIpc) is 1.81. The second-order valence-corrected chi connectivity index (χ2v) is 1.73. The number of amides is 1. The van der Waals surface area contributed by atoms with Crippen molar-refractivity contribution in [2.45, 2.75) is 13.0 Å². The van der Waals surface area contributed by atoms with Crippen LogP contribution in [0.15, 0.2) is 10.2 Å². The van der Waals surface area contributed by atoms with E-state index in [0.717, 1.165) is 0 Å². The van der Waals surface area contributed by atoms with Gasteiger partial charge in [-0.1, -0.05) is 0 Å². The predicted octanol–water partition coefficient (Wildman–Crippen LogP) is -0.489. The zero-order valence-corrected chi connectivity index (χ0v) is 5.87. The highest BCUT2D eigenvalue weighted by Gasteiger charge is 2.18. The largest absolute Gasteiger partial charge is 0.367 e. The molecule has 1 unspecified atom stereocenters. The first kappa shape index (κ1) is 8.74. The van der Waals surface area contributed by atoms with Crippen molar-refractivity contribution in [1.29, 1.82) is 0 Å². The fourth-order valence-corrected chi connectivity index (χ4v) is 0.454. The third-order valence-corrected chi connectivity index (χ3v) is 0.886. The van der Waals surface area contributed by atoms with Crippen LogP contribution in [0.4, 0.5) is 0 Å². The lowest BCUT2D eigenvalue weighted by Crippen LogP contribution is -2.32. The molecule has 5 nitrogen and oxygen atoms in total. The molecule has 0 radical (unpaired) electrons. The number of rotatable bonds is 3. The number of carbonyl (C=O) groups is 2. The van der Waals surface area contributed by atoms with Gasteiger partial charge >= 0.3 is 0 Å². The molecule has 56 valence electrons. The van der Waals surface area contributed by atoms with Crippen LogP contribution in [0.5, 0.6) is 0 Å². The molecular weight excluding hydrogens is 134 g/mol. The smallest absolute Gasteiger partial charge is 0.251 e. The highest BCUT2D eigenvalue weighted by molar-refractivity contribution is 6.03. The molecule has 10 heavy (non-hydrogen) atoms. The maximum Gasteiger partial charge on any atom is 0.251 e. The highest BCUT2D eigenvalue weighted by atomic mass is 16.2. The van der Waals surface area contributed by atoms with E-state index in [1.165, 1.54) is 14.0 Å². The number of Topliss-reactive ketones (excluding diaryl/α,β-unsaturated/α-hetero) is 1. The summed E-state index contributed by atoms with van der Waals surface area (Å²) >= 11 is 0. The molecule has 1 atom stereocenters. The van der Waals surface area contributed by atoms with Gasteiger partial charge in [0.15, 0.2) is 5.78 Å². The minimum Gasteiger partial charge on any atom is -0.367 e. The van der Waals surface area contributed by atoms with Crippen molar-refractivity contribution in [3.8, 4) is 0 Å². The van der Waals surface area contributed by atoms with Gasteiger partial charge in [0.2, 0.25) is 6.04 Å². The Bertz CT molecular complexity index is 162. The normalized spacial score (nSPS) is 13.4. The van der Waals surface area contributed by atoms with Crippen LogP contribution in [0.25, 0.3) is 0 Å². The highest BCUT2D eigenvalue weighted by Crippen LogP contribution is 1.91. The topological polar surface area (TPSA) is 84.9 Å². The number of nitrogens with zero attached hydrogens (tertiary/aromatic N) is 2. The number of hydrogen-bond donors (Lipinski definition) is 1. The van der Waals surface area contributed by atoms with E-state index >= 15 is 0 Å². The maximum atomic E-state index is 10.5. The Labute approximate surface area is 58.3 Å². The number of azo groups is 1. The van der Waals surface area contributed by atoms with Gasteiger partial charge in [-0.3, -0.25) is 9.59 Å². The first-order valence-corrected chi connectivity index (χ1v) is 2.68. The van der Waals surface area contributed by atoms with Gasteiger partial charge in [-0.05, 0) is 6.92 Å². The molecule has 0 saturated heterocycles. The first-order chi connectivity index (χ1) is 4.59. The average molecular weight is 143 g/mol. The van der Waals surface area contributed by atoms with Gasteiger partial charge in [0.25, 0.3) is 5.91 Å². The number of nitrogens with two attached hydrogens (primary N) is 1. The molecule has 0 aromatic rings. The second-order valence-electron chi connectivity index (χ2n) is 1.73. The van der Waals surface area contributed by atoms with E-state index in [2.05, 4.69) is 10.2 Å². The Balaban J connectivity index is 4.27. The molecule has 0 spiro atoms. The second kappa shape index (κ2) is 3.71. The molecule has 0 fully saturated rings. The molecular formula is C5H9N3O2. The monoisotopic (exact) mass is 143 g/mol. The van der Waals surface area contributed by atoms with E-state index in [4.69, 9.17) is 5.73 Å². The number of carbonyl (C=O) groups excluding carboxylic acids is 2. The van der Waals surface area contributed by atoms with Crippen LogP contribution in [0.2, 0.25) is 0 Å². The lowest BCUT2D eigenvalue weighted by Gasteiger charge is -1.99. The van der Waals surface area contributed by atoms with E-state index in [1.807, 2.05) is 0 Å². The van der Waals surface area contributed by atoms with Gasteiger partial charge in [-0.15, -0.1) is 0 Å². The minimum absolute atomic E-state index is 0.391. The third kappa shape index (κ3) is 2.34. The number of hydrogen-bond acceptors (Lipinski definition) is 4. The van der Waals surface area contributed by atoms with Crippen molar-refractivity contribution in [1.82, 2.24) is 0 Å². The van der Waals surface area contributed by atoms with Crippen molar-refractivity contribution in [2.24, 2.45) is 16.0 Å². The summed E-state index contributed by atoms with van der Waals surface area (Å²) in [6.45, 7) is 1.24. The number of ketones is 1. The molecule has 0 aromatic heterocycles. The molecule has 0 bridgehead atoms. The lowest BCUT2D eigenvalue weighted by atomic mass is 10.2. The summed E-state index contributed by atoms with van der Waals surface area (Å²) in [6.07, 6.45) is 0. The summed E-state index contributed by atoms with van der Waals surface area (Å²) in [6, 6.07) is -1.11. The summed E-state index contributed by atoms with van der Waals surface area (Å²) in [4.78, 5) is 20.9. The quantitative estimate of drug-likeness (QED) is 0.427. The molecule has 1 amide bonds. The first-order valence-electron chi connectivity index (χ1n) is 2.68. The van der Waals surface area contributed by atoms with Crippen LogP contribution in [-0.2, 0) is 9.59 Å². The van der Waals surface area contributed by atoms with Crippen LogP contribution in [0, 0.1) is 0 Å². The van der Waals surface area contributed by atoms with E-state index < -0.39 is 17.7 Å². The molecule has 2 N–H and O–H groups in total. The van der Waals surface area contributed by atoms with Crippen molar-refractivity contribution in [3.63, 3.8) is 0 Å². The van der Waals surface area contributed by atoms with E-state index in [1.54, 1.807) is 0 Å². The fraction of sp³-hybridized carbons (Fsp3) is 0.600. The molecule has 0 aromatic carbocycles. The summed E-state index contributed by atoms with van der Waals surface area (Å²) in [5.74, 6) is -1.16. The third-order valence-electron chi connectivity index (χ3n) is 0.886. The molecule has 5 heteroatoms. The number of primary amides is 1. The Morgan fingerprint density at radius 1 is 1.50 bits per heavy atom. The van der Waals surface area contributed by atoms with Crippen LogP contribution in [0.3, 0.4) is 0 Å². The van der Waals surface area contributed by atoms with Gasteiger partial charge in [0.1, 0.15) is 0 Å². The van der Waals surface area contributed by atoms with Gasteiger partial charge in [-0.25, -0.2) is 0 Å². The van der Waals surface area contributed by atoms with Gasteiger partial charge in [0.05, 0.1) is 0 Å². The summed E-state index contributed by atoms with van der Waals surface area (Å²) in [5, 5.41) is 6.61. The molecule has 0 aliphatic carbocycles. The maximum absolute atomic E-state index is 10.5. The van der Waals surface area contributed by atoms with E-state index in [0.29, 0.717) is 0 Å². The minimum atomic E-state index is -1.11. The van der Waals surface area contributed by atoms with Crippen LogP contribution in [0.1, 0.15) is 6.92 Å². The van der Waals surface area contributed by atoms with Crippen LogP contribution < -0.4 is 5.73 Å². The van der Waals surface area contributed by atoms with E-state index in [9.17, 15) is 9.59 Å². The Morgan fingerprint density at radius 2 is 2.00 bits per heavy atom.